The SMILES string of the molecule is CC(C)(CCSc1ccc(SCCC(C)(C)C(=O)O)cc1)C(=O)O. The van der Waals surface area contributed by atoms with E-state index in [9.17, 15) is 9.59 Å². The molecule has 24 heavy (non-hydrogen) atoms. The van der Waals surface area contributed by atoms with E-state index in [-0.39, 0.29) is 0 Å². The molecular formula is C18H26O4S2. The first-order chi connectivity index (χ1) is 11.0. The lowest BCUT2D eigenvalue weighted by molar-refractivity contribution is -0.147. The van der Waals surface area contributed by atoms with Crippen LogP contribution < -0.4 is 0 Å². The Morgan fingerprint density at radius 2 is 1.08 bits per heavy atom. The summed E-state index contributed by atoms with van der Waals surface area (Å²) in [6, 6.07) is 8.12. The van der Waals surface area contributed by atoms with Crippen LogP contribution in [-0.2, 0) is 9.59 Å². The molecule has 4 nitrogen and oxygen atoms in total. The number of hydrogen-bond acceptors (Lipinski definition) is 4. The van der Waals surface area contributed by atoms with E-state index < -0.39 is 22.8 Å². The smallest absolute Gasteiger partial charge is 0.309 e. The maximum Gasteiger partial charge on any atom is 0.309 e. The van der Waals surface area contributed by atoms with Crippen molar-refractivity contribution >= 4 is 35.5 Å². The molecule has 0 aromatic heterocycles. The lowest BCUT2D eigenvalue weighted by Crippen LogP contribution is -2.24. The molecule has 0 amide bonds. The minimum atomic E-state index is -0.765. The first-order valence-corrected chi connectivity index (χ1v) is 9.84. The minimum absolute atomic E-state index is 0.619. The summed E-state index contributed by atoms with van der Waals surface area (Å²) in [5.74, 6) is -0.00440. The Bertz CT molecular complexity index is 514. The highest BCUT2D eigenvalue weighted by atomic mass is 32.2. The molecule has 0 heterocycles. The lowest BCUT2D eigenvalue weighted by atomic mass is 9.91. The van der Waals surface area contributed by atoms with Gasteiger partial charge in [0.15, 0.2) is 0 Å². The summed E-state index contributed by atoms with van der Waals surface area (Å²) in [4.78, 5) is 24.4. The fourth-order valence-corrected chi connectivity index (χ4v) is 4.05. The second-order valence-corrected chi connectivity index (χ2v) is 9.38. The summed E-state index contributed by atoms with van der Waals surface area (Å²) in [6.45, 7) is 6.98. The molecule has 134 valence electrons. The summed E-state index contributed by atoms with van der Waals surface area (Å²) in [6.07, 6.45) is 1.24. The predicted molar refractivity (Wildman–Crippen MR) is 100.0 cm³/mol. The molecule has 6 heteroatoms. The molecule has 1 rings (SSSR count). The van der Waals surface area contributed by atoms with Gasteiger partial charge in [-0.05, 0) is 76.3 Å². The van der Waals surface area contributed by atoms with E-state index in [0.29, 0.717) is 12.8 Å². The molecule has 0 atom stereocenters. The van der Waals surface area contributed by atoms with Crippen molar-refractivity contribution in [1.29, 1.82) is 0 Å². The number of aliphatic carboxylic acids is 2. The number of carbonyl (C=O) groups is 2. The molecule has 0 aliphatic rings. The van der Waals surface area contributed by atoms with E-state index in [1.807, 2.05) is 24.3 Å². The highest BCUT2D eigenvalue weighted by molar-refractivity contribution is 7.99. The van der Waals surface area contributed by atoms with Gasteiger partial charge in [-0.3, -0.25) is 9.59 Å². The molecule has 0 radical (unpaired) electrons. The van der Waals surface area contributed by atoms with Gasteiger partial charge in [-0.1, -0.05) is 0 Å². The van der Waals surface area contributed by atoms with Crippen LogP contribution in [0.5, 0.6) is 0 Å². The third kappa shape index (κ3) is 6.77. The van der Waals surface area contributed by atoms with Crippen molar-refractivity contribution in [3.8, 4) is 0 Å². The molecule has 0 bridgehead atoms. The summed E-state index contributed by atoms with van der Waals surface area (Å²) < 4.78 is 0. The topological polar surface area (TPSA) is 74.6 Å². The highest BCUT2D eigenvalue weighted by Crippen LogP contribution is 2.30. The van der Waals surface area contributed by atoms with Gasteiger partial charge in [-0.15, -0.1) is 23.5 Å². The van der Waals surface area contributed by atoms with Gasteiger partial charge < -0.3 is 10.2 Å². The molecule has 0 unspecified atom stereocenters. The molecule has 0 saturated carbocycles. The van der Waals surface area contributed by atoms with Gasteiger partial charge in [-0.25, -0.2) is 0 Å². The fraction of sp³-hybridized carbons (Fsp3) is 0.556. The van der Waals surface area contributed by atoms with E-state index in [2.05, 4.69) is 0 Å². The van der Waals surface area contributed by atoms with Gasteiger partial charge in [0, 0.05) is 9.79 Å². The molecule has 0 aliphatic carbocycles. The van der Waals surface area contributed by atoms with Gasteiger partial charge in [0.05, 0.1) is 10.8 Å². The van der Waals surface area contributed by atoms with Crippen molar-refractivity contribution in [3.63, 3.8) is 0 Å². The summed E-state index contributed by atoms with van der Waals surface area (Å²) >= 11 is 3.31. The van der Waals surface area contributed by atoms with Crippen LogP contribution in [0.4, 0.5) is 0 Å². The maximum atomic E-state index is 11.1. The van der Waals surface area contributed by atoms with Crippen LogP contribution in [0.25, 0.3) is 0 Å². The van der Waals surface area contributed by atoms with Crippen LogP contribution in [0, 0.1) is 10.8 Å². The number of carboxylic acid groups (broad SMARTS) is 2. The average molecular weight is 371 g/mol. The number of rotatable bonds is 10. The quantitative estimate of drug-likeness (QED) is 0.572. The Labute approximate surface area is 152 Å². The van der Waals surface area contributed by atoms with Crippen LogP contribution in [-0.4, -0.2) is 33.7 Å². The van der Waals surface area contributed by atoms with Gasteiger partial charge in [0.25, 0.3) is 0 Å². The average Bonchev–Trinajstić information content (AvgIpc) is 2.48. The second kappa shape index (κ2) is 8.81. The summed E-state index contributed by atoms with van der Waals surface area (Å²) in [5, 5.41) is 18.2. The number of hydrogen-bond donors (Lipinski definition) is 2. The zero-order valence-electron chi connectivity index (χ0n) is 14.7. The Hall–Kier alpha value is -1.14. The molecule has 1 aromatic rings. The third-order valence-corrected chi connectivity index (χ3v) is 6.00. The van der Waals surface area contributed by atoms with Crippen molar-refractivity contribution in [3.05, 3.63) is 24.3 Å². The largest absolute Gasteiger partial charge is 0.481 e. The Morgan fingerprint density at radius 3 is 1.33 bits per heavy atom. The van der Waals surface area contributed by atoms with Crippen LogP contribution in [0.3, 0.4) is 0 Å². The van der Waals surface area contributed by atoms with Gasteiger partial charge in [0.2, 0.25) is 0 Å². The minimum Gasteiger partial charge on any atom is -0.481 e. The third-order valence-electron chi connectivity index (χ3n) is 3.97. The van der Waals surface area contributed by atoms with Crippen molar-refractivity contribution in [1.82, 2.24) is 0 Å². The Morgan fingerprint density at radius 1 is 0.792 bits per heavy atom. The molecular weight excluding hydrogens is 344 g/mol. The first kappa shape index (κ1) is 20.9. The van der Waals surface area contributed by atoms with Crippen LogP contribution >= 0.6 is 23.5 Å². The van der Waals surface area contributed by atoms with Crippen LogP contribution in [0.15, 0.2) is 34.1 Å². The summed E-state index contributed by atoms with van der Waals surface area (Å²) in [7, 11) is 0. The molecule has 0 saturated heterocycles. The molecule has 1 aromatic carbocycles. The van der Waals surface area contributed by atoms with Crippen molar-refractivity contribution in [2.24, 2.45) is 10.8 Å². The van der Waals surface area contributed by atoms with Crippen LogP contribution in [0.1, 0.15) is 40.5 Å². The normalized spacial score (nSPS) is 12.2. The molecule has 2 N–H and O–H groups in total. The lowest BCUT2D eigenvalue weighted by Gasteiger charge is -2.18. The zero-order valence-corrected chi connectivity index (χ0v) is 16.3. The molecule has 0 spiro atoms. The van der Waals surface area contributed by atoms with E-state index in [0.717, 1.165) is 21.3 Å². The van der Waals surface area contributed by atoms with Crippen molar-refractivity contribution in [2.45, 2.75) is 50.3 Å². The van der Waals surface area contributed by atoms with Gasteiger partial charge >= 0.3 is 11.9 Å². The Balaban J connectivity index is 2.41. The predicted octanol–water partition coefficient (Wildman–Crippen LogP) is 4.87. The Kier molecular flexibility index (Phi) is 7.67. The monoisotopic (exact) mass is 370 g/mol. The number of carboxylic acids is 2. The second-order valence-electron chi connectivity index (χ2n) is 7.05. The summed E-state index contributed by atoms with van der Waals surface area (Å²) in [5.41, 5.74) is -1.39. The maximum absolute atomic E-state index is 11.1. The van der Waals surface area contributed by atoms with E-state index in [1.54, 1.807) is 51.2 Å². The van der Waals surface area contributed by atoms with Crippen molar-refractivity contribution < 1.29 is 19.8 Å². The zero-order chi connectivity index (χ0) is 18.4. The highest BCUT2D eigenvalue weighted by Gasteiger charge is 2.27. The van der Waals surface area contributed by atoms with E-state index in [1.165, 1.54) is 0 Å². The van der Waals surface area contributed by atoms with Crippen molar-refractivity contribution in [2.75, 3.05) is 11.5 Å². The van der Waals surface area contributed by atoms with Gasteiger partial charge in [0.1, 0.15) is 0 Å². The number of benzene rings is 1. The van der Waals surface area contributed by atoms with E-state index in [4.69, 9.17) is 10.2 Å². The standard InChI is InChI=1S/C18H26O4S2/c1-17(2,15(19)20)9-11-23-13-5-7-14(8-6-13)24-12-10-18(3,4)16(21)22/h5-8H,9-12H2,1-4H3,(H,19,20)(H,21,22). The molecule has 0 aliphatic heterocycles. The first-order valence-electron chi connectivity index (χ1n) is 7.87. The van der Waals surface area contributed by atoms with E-state index >= 15 is 0 Å². The number of thioether (sulfide) groups is 2. The van der Waals surface area contributed by atoms with Gasteiger partial charge in [-0.2, -0.15) is 0 Å². The van der Waals surface area contributed by atoms with Crippen LogP contribution in [0.2, 0.25) is 0 Å². The molecule has 0 fully saturated rings. The fourth-order valence-electron chi connectivity index (χ4n) is 1.69.